The lowest BCUT2D eigenvalue weighted by atomic mass is 10.0. The second-order valence-corrected chi connectivity index (χ2v) is 5.55. The summed E-state index contributed by atoms with van der Waals surface area (Å²) >= 11 is 0. The fourth-order valence-electron chi connectivity index (χ4n) is 3.02. The third-order valence-corrected chi connectivity index (χ3v) is 4.14. The van der Waals surface area contributed by atoms with E-state index in [1.165, 1.54) is 17.3 Å². The van der Waals surface area contributed by atoms with Crippen LogP contribution in [0.1, 0.15) is 30.1 Å². The van der Waals surface area contributed by atoms with Crippen LogP contribution < -0.4 is 4.90 Å². The van der Waals surface area contributed by atoms with Crippen LogP contribution in [-0.2, 0) is 6.42 Å². The van der Waals surface area contributed by atoms with E-state index in [-0.39, 0.29) is 5.82 Å². The van der Waals surface area contributed by atoms with Crippen molar-refractivity contribution in [1.29, 1.82) is 0 Å². The first-order valence-corrected chi connectivity index (χ1v) is 7.51. The first-order chi connectivity index (χ1) is 10.3. The van der Waals surface area contributed by atoms with Crippen molar-refractivity contribution in [3.05, 3.63) is 65.5 Å². The van der Waals surface area contributed by atoms with Gasteiger partial charge in [-0.3, -0.25) is 0 Å². The Hall–Kier alpha value is -1.87. The molecule has 0 fully saturated rings. The molecule has 1 aliphatic rings. The summed E-state index contributed by atoms with van der Waals surface area (Å²) < 4.78 is 13.7. The first-order valence-electron chi connectivity index (χ1n) is 7.51. The summed E-state index contributed by atoms with van der Waals surface area (Å²) in [6.07, 6.45) is 2.03. The molecule has 3 rings (SSSR count). The lowest BCUT2D eigenvalue weighted by molar-refractivity contribution is 0.164. The fourth-order valence-corrected chi connectivity index (χ4v) is 3.02. The highest BCUT2D eigenvalue weighted by atomic mass is 19.1. The maximum absolute atomic E-state index is 13.7. The number of nitrogens with zero attached hydrogens (tertiary/aromatic N) is 1. The number of aliphatic hydroxyl groups excluding tert-OH is 1. The standard InChI is InChI=1S/C18H20FNO/c19-16-9-3-2-8-15(16)18(21)11-13-20-12-5-7-14-6-1-4-10-17(14)20/h1-4,6,8-10,18,21H,5,7,11-13H2. The number of aryl methyl sites for hydroxylation is 1. The lowest BCUT2D eigenvalue weighted by Gasteiger charge is -2.32. The number of hydrogen-bond donors (Lipinski definition) is 1. The average Bonchev–Trinajstić information content (AvgIpc) is 2.53. The average molecular weight is 285 g/mol. The highest BCUT2D eigenvalue weighted by Gasteiger charge is 2.18. The maximum Gasteiger partial charge on any atom is 0.128 e. The van der Waals surface area contributed by atoms with Crippen LogP contribution in [0.2, 0.25) is 0 Å². The van der Waals surface area contributed by atoms with E-state index in [0.717, 1.165) is 25.9 Å². The predicted octanol–water partition coefficient (Wildman–Crippen LogP) is 3.70. The fraction of sp³-hybridized carbons (Fsp3) is 0.333. The van der Waals surface area contributed by atoms with E-state index in [1.54, 1.807) is 18.2 Å². The Morgan fingerprint density at radius 3 is 2.71 bits per heavy atom. The van der Waals surface area contributed by atoms with E-state index in [0.29, 0.717) is 12.0 Å². The highest BCUT2D eigenvalue weighted by molar-refractivity contribution is 5.55. The molecule has 21 heavy (non-hydrogen) atoms. The molecule has 1 aliphatic heterocycles. The minimum Gasteiger partial charge on any atom is -0.388 e. The Bertz CT molecular complexity index is 614. The number of para-hydroxylation sites is 1. The summed E-state index contributed by atoms with van der Waals surface area (Å²) in [6, 6.07) is 14.9. The van der Waals surface area contributed by atoms with Gasteiger partial charge in [0, 0.05) is 24.3 Å². The van der Waals surface area contributed by atoms with Crippen LogP contribution >= 0.6 is 0 Å². The zero-order valence-electron chi connectivity index (χ0n) is 12.0. The normalized spacial score (nSPS) is 15.6. The van der Waals surface area contributed by atoms with Crippen LogP contribution in [0.15, 0.2) is 48.5 Å². The van der Waals surface area contributed by atoms with E-state index < -0.39 is 6.10 Å². The zero-order valence-corrected chi connectivity index (χ0v) is 12.0. The van der Waals surface area contributed by atoms with Gasteiger partial charge in [0.15, 0.2) is 0 Å². The molecule has 0 amide bonds. The van der Waals surface area contributed by atoms with Crippen molar-refractivity contribution in [3.63, 3.8) is 0 Å². The van der Waals surface area contributed by atoms with Crippen LogP contribution in [0, 0.1) is 5.82 Å². The third kappa shape index (κ3) is 3.08. The predicted molar refractivity (Wildman–Crippen MR) is 83.0 cm³/mol. The van der Waals surface area contributed by atoms with Gasteiger partial charge in [-0.15, -0.1) is 0 Å². The first kappa shape index (κ1) is 14.1. The number of hydrogen-bond acceptors (Lipinski definition) is 2. The highest BCUT2D eigenvalue weighted by Crippen LogP contribution is 2.28. The molecule has 1 atom stereocenters. The van der Waals surface area contributed by atoms with Gasteiger partial charge >= 0.3 is 0 Å². The van der Waals surface area contributed by atoms with Crippen molar-refractivity contribution in [2.24, 2.45) is 0 Å². The van der Waals surface area contributed by atoms with Crippen molar-refractivity contribution >= 4 is 5.69 Å². The second-order valence-electron chi connectivity index (χ2n) is 5.55. The Balaban J connectivity index is 1.67. The van der Waals surface area contributed by atoms with Crippen LogP contribution in [0.4, 0.5) is 10.1 Å². The SMILES string of the molecule is OC(CCN1CCCc2ccccc21)c1ccccc1F. The monoisotopic (exact) mass is 285 g/mol. The summed E-state index contributed by atoms with van der Waals surface area (Å²) in [5, 5.41) is 10.2. The summed E-state index contributed by atoms with van der Waals surface area (Å²) in [6.45, 7) is 1.74. The van der Waals surface area contributed by atoms with Gasteiger partial charge in [0.25, 0.3) is 0 Å². The topological polar surface area (TPSA) is 23.5 Å². The molecule has 0 radical (unpaired) electrons. The van der Waals surface area contributed by atoms with Crippen molar-refractivity contribution < 1.29 is 9.50 Å². The number of rotatable bonds is 4. The van der Waals surface area contributed by atoms with Crippen LogP contribution in [0.5, 0.6) is 0 Å². The molecular formula is C18H20FNO. The number of anilines is 1. The van der Waals surface area contributed by atoms with Crippen molar-refractivity contribution in [2.45, 2.75) is 25.4 Å². The van der Waals surface area contributed by atoms with Crippen LogP contribution in [-0.4, -0.2) is 18.2 Å². The number of fused-ring (bicyclic) bond motifs is 1. The summed E-state index contributed by atoms with van der Waals surface area (Å²) in [5.41, 5.74) is 3.01. The Labute approximate surface area is 124 Å². The largest absolute Gasteiger partial charge is 0.388 e. The molecule has 3 heteroatoms. The molecule has 0 aromatic heterocycles. The number of benzene rings is 2. The molecular weight excluding hydrogens is 265 g/mol. The van der Waals surface area contributed by atoms with Crippen molar-refractivity contribution in [1.82, 2.24) is 0 Å². The molecule has 1 N–H and O–H groups in total. The molecule has 0 saturated heterocycles. The van der Waals surface area contributed by atoms with Crippen LogP contribution in [0.25, 0.3) is 0 Å². The quantitative estimate of drug-likeness (QED) is 0.926. The Kier molecular flexibility index (Phi) is 4.20. The molecule has 1 heterocycles. The summed E-state index contributed by atoms with van der Waals surface area (Å²) in [5.74, 6) is -0.330. The lowest BCUT2D eigenvalue weighted by Crippen LogP contribution is -2.31. The summed E-state index contributed by atoms with van der Waals surface area (Å²) in [7, 11) is 0. The van der Waals surface area contributed by atoms with Gasteiger partial charge in [0.1, 0.15) is 5.82 Å². The van der Waals surface area contributed by atoms with Gasteiger partial charge < -0.3 is 10.0 Å². The van der Waals surface area contributed by atoms with E-state index in [9.17, 15) is 9.50 Å². The molecule has 0 saturated carbocycles. The summed E-state index contributed by atoms with van der Waals surface area (Å²) in [4.78, 5) is 2.29. The molecule has 2 aromatic rings. The Morgan fingerprint density at radius 2 is 1.86 bits per heavy atom. The van der Waals surface area contributed by atoms with Gasteiger partial charge in [0.05, 0.1) is 6.10 Å². The maximum atomic E-state index is 13.7. The molecule has 0 bridgehead atoms. The van der Waals surface area contributed by atoms with E-state index in [1.807, 2.05) is 6.07 Å². The van der Waals surface area contributed by atoms with Gasteiger partial charge in [-0.05, 0) is 37.0 Å². The van der Waals surface area contributed by atoms with E-state index >= 15 is 0 Å². The molecule has 0 spiro atoms. The Morgan fingerprint density at radius 1 is 1.10 bits per heavy atom. The van der Waals surface area contributed by atoms with Gasteiger partial charge in [0.2, 0.25) is 0 Å². The minimum atomic E-state index is -0.750. The van der Waals surface area contributed by atoms with Gasteiger partial charge in [-0.25, -0.2) is 4.39 Å². The molecule has 110 valence electrons. The van der Waals surface area contributed by atoms with E-state index in [4.69, 9.17) is 0 Å². The third-order valence-electron chi connectivity index (χ3n) is 4.14. The molecule has 2 nitrogen and oxygen atoms in total. The molecule has 1 unspecified atom stereocenters. The second kappa shape index (κ2) is 6.27. The van der Waals surface area contributed by atoms with Crippen molar-refractivity contribution in [2.75, 3.05) is 18.0 Å². The molecule has 0 aliphatic carbocycles. The van der Waals surface area contributed by atoms with Gasteiger partial charge in [-0.1, -0.05) is 36.4 Å². The minimum absolute atomic E-state index is 0.330. The number of halogens is 1. The zero-order chi connectivity index (χ0) is 14.7. The smallest absolute Gasteiger partial charge is 0.128 e. The van der Waals surface area contributed by atoms with Crippen LogP contribution in [0.3, 0.4) is 0 Å². The molecule has 2 aromatic carbocycles. The van der Waals surface area contributed by atoms with E-state index in [2.05, 4.69) is 23.1 Å². The van der Waals surface area contributed by atoms with Crippen molar-refractivity contribution in [3.8, 4) is 0 Å². The number of aliphatic hydroxyl groups is 1. The van der Waals surface area contributed by atoms with Gasteiger partial charge in [-0.2, -0.15) is 0 Å².